The van der Waals surface area contributed by atoms with Gasteiger partial charge in [-0.05, 0) is 170 Å². The van der Waals surface area contributed by atoms with Gasteiger partial charge < -0.3 is 0 Å². The Labute approximate surface area is 352 Å². The van der Waals surface area contributed by atoms with Crippen LogP contribution in [0.3, 0.4) is 0 Å². The maximum absolute atomic E-state index is 2.46. The van der Waals surface area contributed by atoms with E-state index in [0.29, 0.717) is 0 Å². The summed E-state index contributed by atoms with van der Waals surface area (Å²) in [6.45, 7) is 9.45. The lowest BCUT2D eigenvalue weighted by molar-refractivity contribution is 0.660. The lowest BCUT2D eigenvalue weighted by atomic mass is 9.81. The molecule has 0 nitrogen and oxygen atoms in total. The Bertz CT molecular complexity index is 3200. The van der Waals surface area contributed by atoms with Crippen LogP contribution in [0.2, 0.25) is 0 Å². The minimum Gasteiger partial charge on any atom is -0.0757 e. The Kier molecular flexibility index (Phi) is 7.55. The Balaban J connectivity index is 0.956. The van der Waals surface area contributed by atoms with E-state index in [1.54, 1.807) is 0 Å². The average molecular weight is 767 g/mol. The molecule has 3 aliphatic rings. The topological polar surface area (TPSA) is 0 Å². The summed E-state index contributed by atoms with van der Waals surface area (Å²) < 4.78 is 0. The van der Waals surface area contributed by atoms with Crippen molar-refractivity contribution in [3.05, 3.63) is 203 Å². The molecular weight excluding hydrogens is 721 g/mol. The Morgan fingerprint density at radius 3 is 1.07 bits per heavy atom. The van der Waals surface area contributed by atoms with E-state index in [1.165, 1.54) is 121 Å². The highest BCUT2D eigenvalue weighted by molar-refractivity contribution is 6.11. The second-order valence-corrected chi connectivity index (χ2v) is 18.4. The largest absolute Gasteiger partial charge is 0.0757 e. The van der Waals surface area contributed by atoms with Crippen LogP contribution in [0, 0.1) is 0 Å². The van der Waals surface area contributed by atoms with Gasteiger partial charge in [-0.15, -0.1) is 0 Å². The molecule has 60 heavy (non-hydrogen) atoms. The highest BCUT2D eigenvalue weighted by Crippen LogP contribution is 2.51. The molecule has 0 heterocycles. The van der Waals surface area contributed by atoms with Gasteiger partial charge in [-0.3, -0.25) is 0 Å². The highest BCUT2D eigenvalue weighted by Gasteiger charge is 2.36. The zero-order valence-corrected chi connectivity index (χ0v) is 34.7. The molecule has 0 N–H and O–H groups in total. The van der Waals surface area contributed by atoms with E-state index < -0.39 is 0 Å². The van der Waals surface area contributed by atoms with Crippen LogP contribution in [-0.4, -0.2) is 0 Å². The fraction of sp³-hybridized carbons (Fsp3) is 0.133. The van der Waals surface area contributed by atoms with Crippen LogP contribution in [0.1, 0.15) is 62.8 Å². The van der Waals surface area contributed by atoms with E-state index in [1.807, 2.05) is 0 Å². The molecule has 0 spiro atoms. The molecular formula is C60H46. The van der Waals surface area contributed by atoms with Crippen molar-refractivity contribution in [3.8, 4) is 66.8 Å². The Morgan fingerprint density at radius 2 is 0.633 bits per heavy atom. The van der Waals surface area contributed by atoms with Crippen LogP contribution >= 0.6 is 0 Å². The molecule has 9 aromatic rings. The zero-order chi connectivity index (χ0) is 40.3. The van der Waals surface area contributed by atoms with Crippen LogP contribution in [0.4, 0.5) is 0 Å². The number of hydrogen-bond donors (Lipinski definition) is 0. The molecule has 0 fully saturated rings. The van der Waals surface area contributed by atoms with Gasteiger partial charge in [-0.2, -0.15) is 0 Å². The third kappa shape index (κ3) is 5.17. The van der Waals surface area contributed by atoms with E-state index in [9.17, 15) is 0 Å². The van der Waals surface area contributed by atoms with Gasteiger partial charge in [0, 0.05) is 10.8 Å². The molecule has 12 rings (SSSR count). The molecule has 0 radical (unpaired) electrons. The zero-order valence-electron chi connectivity index (χ0n) is 34.7. The summed E-state index contributed by atoms with van der Waals surface area (Å²) in [6, 6.07) is 64.6. The molecule has 0 heteroatoms. The van der Waals surface area contributed by atoms with Gasteiger partial charge >= 0.3 is 0 Å². The van der Waals surface area contributed by atoms with Gasteiger partial charge in [0.15, 0.2) is 0 Å². The van der Waals surface area contributed by atoms with Gasteiger partial charge in [0.25, 0.3) is 0 Å². The van der Waals surface area contributed by atoms with Crippen molar-refractivity contribution in [2.75, 3.05) is 0 Å². The first-order valence-corrected chi connectivity index (χ1v) is 21.6. The van der Waals surface area contributed by atoms with Crippen molar-refractivity contribution < 1.29 is 0 Å². The number of rotatable bonds is 4. The summed E-state index contributed by atoms with van der Waals surface area (Å²) in [4.78, 5) is 0. The highest BCUT2D eigenvalue weighted by atomic mass is 14.4. The van der Waals surface area contributed by atoms with E-state index >= 15 is 0 Å². The standard InChI is InChI=1S/C60H46/c1-59(2)55-21-9-7-19-49(55)51-29-25-43(35-57(51)59)39-15-11-13-37(31-39)41-23-27-47-45-17-5-6-18-46(45)48-28-24-42(34-54(48)53(47)33-41)38-14-12-16-40(32-38)44-26-30-52-50-20-8-10-22-56(50)60(3,4)58(52)36-44/h7-36H,5-6H2,1-4H3. The molecule has 0 saturated carbocycles. The summed E-state index contributed by atoms with van der Waals surface area (Å²) in [6.07, 6.45) is 7.07. The predicted octanol–water partition coefficient (Wildman–Crippen LogP) is 14.6. The molecule has 0 saturated heterocycles. The first-order chi connectivity index (χ1) is 29.2. The summed E-state index contributed by atoms with van der Waals surface area (Å²) in [5.74, 6) is 0. The van der Waals surface area contributed by atoms with Gasteiger partial charge in [-0.25, -0.2) is 0 Å². The number of hydrogen-bond acceptors (Lipinski definition) is 0. The van der Waals surface area contributed by atoms with Crippen molar-refractivity contribution in [2.45, 2.75) is 51.4 Å². The van der Waals surface area contributed by atoms with Gasteiger partial charge in [0.05, 0.1) is 0 Å². The van der Waals surface area contributed by atoms with E-state index in [2.05, 4.69) is 210 Å². The summed E-state index contributed by atoms with van der Waals surface area (Å²) in [5.41, 5.74) is 21.0. The monoisotopic (exact) mass is 766 g/mol. The Morgan fingerprint density at radius 1 is 0.283 bits per heavy atom. The predicted molar refractivity (Wildman–Crippen MR) is 256 cm³/mol. The molecule has 0 unspecified atom stereocenters. The fourth-order valence-corrected chi connectivity index (χ4v) is 11.1. The maximum atomic E-state index is 2.46. The summed E-state index contributed by atoms with van der Waals surface area (Å²) in [5, 5.41) is 8.05. The maximum Gasteiger partial charge on any atom is 0.0159 e. The second-order valence-electron chi connectivity index (χ2n) is 18.4. The minimum absolute atomic E-state index is 0.0291. The molecule has 0 aromatic heterocycles. The van der Waals surface area contributed by atoms with E-state index in [-0.39, 0.29) is 10.8 Å². The van der Waals surface area contributed by atoms with E-state index in [4.69, 9.17) is 0 Å². The second kappa shape index (κ2) is 12.9. The third-order valence-electron chi connectivity index (χ3n) is 14.3. The molecule has 0 aliphatic heterocycles. The number of fused-ring (bicyclic) bond motifs is 12. The Hall–Kier alpha value is -6.76. The molecule has 3 aliphatic carbocycles. The quantitative estimate of drug-likeness (QED) is 0.157. The van der Waals surface area contributed by atoms with Crippen molar-refractivity contribution >= 4 is 33.7 Å². The van der Waals surface area contributed by atoms with Crippen LogP contribution in [0.25, 0.3) is 100 Å². The van der Waals surface area contributed by atoms with Crippen molar-refractivity contribution in [2.24, 2.45) is 0 Å². The van der Waals surface area contributed by atoms with Crippen molar-refractivity contribution in [3.63, 3.8) is 0 Å². The van der Waals surface area contributed by atoms with E-state index in [0.717, 1.165) is 12.8 Å². The molecule has 0 amide bonds. The lowest BCUT2D eigenvalue weighted by Gasteiger charge is -2.22. The van der Waals surface area contributed by atoms with Gasteiger partial charge in [-0.1, -0.05) is 173 Å². The van der Waals surface area contributed by atoms with Crippen LogP contribution in [0.5, 0.6) is 0 Å². The van der Waals surface area contributed by atoms with Crippen LogP contribution < -0.4 is 10.4 Å². The van der Waals surface area contributed by atoms with Crippen molar-refractivity contribution in [1.29, 1.82) is 0 Å². The molecule has 0 bridgehead atoms. The molecule has 286 valence electrons. The van der Waals surface area contributed by atoms with Crippen LogP contribution in [0.15, 0.2) is 170 Å². The first-order valence-electron chi connectivity index (χ1n) is 21.6. The minimum atomic E-state index is -0.0291. The lowest BCUT2D eigenvalue weighted by Crippen LogP contribution is -2.28. The number of benzene rings is 9. The molecule has 9 aromatic carbocycles. The first kappa shape index (κ1) is 35.2. The summed E-state index contributed by atoms with van der Waals surface area (Å²) >= 11 is 0. The normalized spacial score (nSPS) is 15.1. The SMILES string of the molecule is CC1(C)c2ccccc2-c2ccc(-c3cccc(-c4ccc5c6c(c7ccc(-c8cccc(-c9ccc%10c(c9)C(C)(C)c9ccccc9-%10)c8)cc7c5c4)=CCCC=6)c3)cc21. The molecule has 0 atom stereocenters. The fourth-order valence-electron chi connectivity index (χ4n) is 11.1. The van der Waals surface area contributed by atoms with Gasteiger partial charge in [0.1, 0.15) is 0 Å². The van der Waals surface area contributed by atoms with Crippen molar-refractivity contribution in [1.82, 2.24) is 0 Å². The average Bonchev–Trinajstić information content (AvgIpc) is 3.67. The third-order valence-corrected chi connectivity index (χ3v) is 14.3. The smallest absolute Gasteiger partial charge is 0.0159 e. The van der Waals surface area contributed by atoms with Gasteiger partial charge in [0.2, 0.25) is 0 Å². The van der Waals surface area contributed by atoms with Crippen LogP contribution in [-0.2, 0) is 10.8 Å². The summed E-state index contributed by atoms with van der Waals surface area (Å²) in [7, 11) is 0.